The lowest BCUT2D eigenvalue weighted by Gasteiger charge is -2.14. The van der Waals surface area contributed by atoms with Crippen molar-refractivity contribution in [2.75, 3.05) is 10.6 Å². The number of fused-ring (bicyclic) bond motifs is 1. The summed E-state index contributed by atoms with van der Waals surface area (Å²) in [6.45, 7) is 2.02. The maximum Gasteiger partial charge on any atom is 0.323 e. The van der Waals surface area contributed by atoms with E-state index >= 15 is 0 Å². The maximum absolute atomic E-state index is 12.4. The Morgan fingerprint density at radius 2 is 1.67 bits per heavy atom. The molecule has 150 valence electrons. The fraction of sp³-hybridized carbons (Fsp3) is 0.0870. The summed E-state index contributed by atoms with van der Waals surface area (Å²) in [5.41, 5.74) is 3.09. The molecular weight excluding hydrogens is 380 g/mol. The number of hydrogen-bond donors (Lipinski definition) is 2. The molecule has 0 saturated carbocycles. The molecule has 0 aliphatic rings. The predicted octanol–water partition coefficient (Wildman–Crippen LogP) is 4.23. The van der Waals surface area contributed by atoms with Gasteiger partial charge >= 0.3 is 6.03 Å². The van der Waals surface area contributed by atoms with Gasteiger partial charge in [0, 0.05) is 18.0 Å². The van der Waals surface area contributed by atoms with Crippen LogP contribution in [0.15, 0.2) is 83.8 Å². The van der Waals surface area contributed by atoms with Crippen molar-refractivity contribution < 1.29 is 9.53 Å². The van der Waals surface area contributed by atoms with Crippen LogP contribution in [-0.4, -0.2) is 15.4 Å². The SMILES string of the molecule is Cc1ccccc1NC(=O)Nc1ccccc1OCc1cc(=O)n2ccccc2n1. The van der Waals surface area contributed by atoms with Crippen molar-refractivity contribution >= 4 is 23.1 Å². The lowest BCUT2D eigenvalue weighted by atomic mass is 10.2. The Bertz CT molecular complexity index is 1270. The van der Waals surface area contributed by atoms with E-state index in [-0.39, 0.29) is 18.2 Å². The number of pyridine rings is 1. The van der Waals surface area contributed by atoms with Crippen molar-refractivity contribution in [2.24, 2.45) is 0 Å². The second kappa shape index (κ2) is 8.48. The van der Waals surface area contributed by atoms with Gasteiger partial charge in [-0.3, -0.25) is 9.20 Å². The van der Waals surface area contributed by atoms with Gasteiger partial charge in [0.15, 0.2) is 0 Å². The van der Waals surface area contributed by atoms with Gasteiger partial charge in [0.25, 0.3) is 5.56 Å². The van der Waals surface area contributed by atoms with E-state index in [0.717, 1.165) is 11.3 Å². The Balaban J connectivity index is 1.48. The Morgan fingerprint density at radius 1 is 0.967 bits per heavy atom. The van der Waals surface area contributed by atoms with Crippen molar-refractivity contribution in [3.05, 3.63) is 101 Å². The normalized spacial score (nSPS) is 10.6. The van der Waals surface area contributed by atoms with Crippen LogP contribution in [-0.2, 0) is 6.61 Å². The molecule has 0 spiro atoms. The zero-order valence-electron chi connectivity index (χ0n) is 16.3. The number of carbonyl (C=O) groups excluding carboxylic acids is 1. The van der Waals surface area contributed by atoms with E-state index in [1.54, 1.807) is 36.5 Å². The number of amides is 2. The van der Waals surface area contributed by atoms with Crippen LogP contribution in [0.25, 0.3) is 5.65 Å². The first-order valence-corrected chi connectivity index (χ1v) is 9.43. The minimum atomic E-state index is -0.373. The summed E-state index contributed by atoms with van der Waals surface area (Å²) in [6.07, 6.45) is 1.67. The van der Waals surface area contributed by atoms with E-state index in [0.29, 0.717) is 22.8 Å². The zero-order chi connectivity index (χ0) is 20.9. The molecular formula is C23H20N4O3. The van der Waals surface area contributed by atoms with E-state index in [9.17, 15) is 9.59 Å². The molecule has 0 bridgehead atoms. The number of aryl methyl sites for hydroxylation is 1. The summed E-state index contributed by atoms with van der Waals surface area (Å²) in [5, 5.41) is 5.63. The minimum absolute atomic E-state index is 0.0960. The van der Waals surface area contributed by atoms with Crippen LogP contribution in [0.5, 0.6) is 5.75 Å². The molecule has 4 rings (SSSR count). The predicted molar refractivity (Wildman–Crippen MR) is 116 cm³/mol. The first-order chi connectivity index (χ1) is 14.6. The van der Waals surface area contributed by atoms with E-state index in [1.807, 2.05) is 43.3 Å². The number of anilines is 2. The van der Waals surface area contributed by atoms with Gasteiger partial charge in [-0.25, -0.2) is 9.78 Å². The standard InChI is InChI=1S/C23H20N4O3/c1-16-8-2-3-9-18(16)25-23(29)26-19-10-4-5-11-20(19)30-15-17-14-22(28)27-13-7-6-12-21(27)24-17/h2-14H,15H2,1H3,(H2,25,26,29). The fourth-order valence-corrected chi connectivity index (χ4v) is 3.01. The molecule has 2 amide bonds. The van der Waals surface area contributed by atoms with Crippen LogP contribution in [0.3, 0.4) is 0 Å². The number of urea groups is 1. The molecule has 0 aliphatic carbocycles. The number of ether oxygens (including phenoxy) is 1. The van der Waals surface area contributed by atoms with Gasteiger partial charge in [-0.15, -0.1) is 0 Å². The van der Waals surface area contributed by atoms with Crippen LogP contribution in [0.4, 0.5) is 16.2 Å². The van der Waals surface area contributed by atoms with Crippen LogP contribution in [0.1, 0.15) is 11.3 Å². The molecule has 0 aliphatic heterocycles. The highest BCUT2D eigenvalue weighted by Crippen LogP contribution is 2.25. The third-order valence-corrected chi connectivity index (χ3v) is 4.53. The second-order valence-corrected chi connectivity index (χ2v) is 6.69. The Hall–Kier alpha value is -4.13. The van der Waals surface area contributed by atoms with E-state index in [1.165, 1.54) is 10.5 Å². The molecule has 0 saturated heterocycles. The highest BCUT2D eigenvalue weighted by atomic mass is 16.5. The highest BCUT2D eigenvalue weighted by molar-refractivity contribution is 6.01. The number of rotatable bonds is 5. The van der Waals surface area contributed by atoms with Gasteiger partial charge in [-0.2, -0.15) is 0 Å². The molecule has 7 heteroatoms. The second-order valence-electron chi connectivity index (χ2n) is 6.69. The Labute approximate surface area is 173 Å². The van der Waals surface area contributed by atoms with Gasteiger partial charge in [-0.1, -0.05) is 36.4 Å². The van der Waals surface area contributed by atoms with Crippen LogP contribution >= 0.6 is 0 Å². The number of nitrogens with zero attached hydrogens (tertiary/aromatic N) is 2. The number of nitrogens with one attached hydrogen (secondary N) is 2. The van der Waals surface area contributed by atoms with Crippen molar-refractivity contribution in [3.8, 4) is 5.75 Å². The molecule has 0 atom stereocenters. The smallest absolute Gasteiger partial charge is 0.323 e. The largest absolute Gasteiger partial charge is 0.485 e. The molecule has 2 aromatic carbocycles. The van der Waals surface area contributed by atoms with E-state index in [4.69, 9.17) is 4.74 Å². The maximum atomic E-state index is 12.4. The summed E-state index contributed by atoms with van der Waals surface area (Å²) < 4.78 is 7.32. The topological polar surface area (TPSA) is 84.7 Å². The van der Waals surface area contributed by atoms with Crippen molar-refractivity contribution in [1.29, 1.82) is 0 Å². The average Bonchev–Trinajstić information content (AvgIpc) is 2.75. The first kappa shape index (κ1) is 19.2. The number of carbonyl (C=O) groups is 1. The lowest BCUT2D eigenvalue weighted by Crippen LogP contribution is -2.20. The lowest BCUT2D eigenvalue weighted by molar-refractivity contribution is 0.261. The molecule has 0 fully saturated rings. The van der Waals surface area contributed by atoms with Gasteiger partial charge < -0.3 is 15.4 Å². The molecule has 2 aromatic heterocycles. The molecule has 4 aromatic rings. The third kappa shape index (κ3) is 4.30. The minimum Gasteiger partial charge on any atom is -0.485 e. The summed E-state index contributed by atoms with van der Waals surface area (Å²) in [6, 6.07) is 21.0. The first-order valence-electron chi connectivity index (χ1n) is 9.43. The molecule has 7 nitrogen and oxygen atoms in total. The number of aromatic nitrogens is 2. The van der Waals surface area contributed by atoms with Gasteiger partial charge in [0.2, 0.25) is 0 Å². The molecule has 30 heavy (non-hydrogen) atoms. The summed E-state index contributed by atoms with van der Waals surface area (Å²) in [5.74, 6) is 0.479. The molecule has 2 N–H and O–H groups in total. The molecule has 0 radical (unpaired) electrons. The van der Waals surface area contributed by atoms with Crippen molar-refractivity contribution in [1.82, 2.24) is 9.38 Å². The van der Waals surface area contributed by atoms with Crippen molar-refractivity contribution in [3.63, 3.8) is 0 Å². The summed E-state index contributed by atoms with van der Waals surface area (Å²) in [7, 11) is 0. The van der Waals surface area contributed by atoms with Crippen LogP contribution in [0, 0.1) is 6.92 Å². The summed E-state index contributed by atoms with van der Waals surface area (Å²) >= 11 is 0. The molecule has 0 unspecified atom stereocenters. The van der Waals surface area contributed by atoms with Gasteiger partial charge in [0.05, 0.1) is 11.4 Å². The summed E-state index contributed by atoms with van der Waals surface area (Å²) in [4.78, 5) is 29.1. The Kier molecular flexibility index (Phi) is 5.43. The van der Waals surface area contributed by atoms with Gasteiger partial charge in [0.1, 0.15) is 18.0 Å². The van der Waals surface area contributed by atoms with Gasteiger partial charge in [-0.05, 0) is 42.8 Å². The van der Waals surface area contributed by atoms with Crippen LogP contribution in [0.2, 0.25) is 0 Å². The zero-order valence-corrected chi connectivity index (χ0v) is 16.3. The quantitative estimate of drug-likeness (QED) is 0.525. The number of hydrogen-bond acceptors (Lipinski definition) is 4. The Morgan fingerprint density at radius 3 is 2.50 bits per heavy atom. The van der Waals surface area contributed by atoms with E-state index < -0.39 is 0 Å². The number of benzene rings is 2. The highest BCUT2D eigenvalue weighted by Gasteiger charge is 2.10. The number of para-hydroxylation sites is 3. The third-order valence-electron chi connectivity index (χ3n) is 4.53. The fourth-order valence-electron chi connectivity index (χ4n) is 3.01. The monoisotopic (exact) mass is 400 g/mol. The molecule has 2 heterocycles. The van der Waals surface area contributed by atoms with Crippen molar-refractivity contribution in [2.45, 2.75) is 13.5 Å². The average molecular weight is 400 g/mol. The van der Waals surface area contributed by atoms with E-state index in [2.05, 4.69) is 15.6 Å². The van der Waals surface area contributed by atoms with Crippen LogP contribution < -0.4 is 20.9 Å².